The van der Waals surface area contributed by atoms with Gasteiger partial charge in [0.25, 0.3) is 5.91 Å². The Morgan fingerprint density at radius 1 is 0.963 bits per heavy atom. The topological polar surface area (TPSA) is 90.3 Å². The molecule has 136 valence electrons. The van der Waals surface area contributed by atoms with E-state index >= 15 is 0 Å². The standard InChI is InChI=1S/C20H17N3O4/c1-23-17(20(26)27-2)12-16(22-23)19(25)21-15-10-6-9-14(11-15)18(24)13-7-4-3-5-8-13/h3-12H,1-2H3,(H,21,25). The van der Waals surface area contributed by atoms with E-state index in [2.05, 4.69) is 15.2 Å². The molecule has 3 rings (SSSR count). The summed E-state index contributed by atoms with van der Waals surface area (Å²) in [7, 11) is 2.80. The molecule has 1 aromatic heterocycles. The maximum Gasteiger partial charge on any atom is 0.356 e. The van der Waals surface area contributed by atoms with Crippen LogP contribution in [0.5, 0.6) is 0 Å². The number of methoxy groups -OCH3 is 1. The van der Waals surface area contributed by atoms with Crippen LogP contribution in [0.1, 0.15) is 36.9 Å². The van der Waals surface area contributed by atoms with Crippen molar-refractivity contribution in [3.8, 4) is 0 Å². The van der Waals surface area contributed by atoms with Gasteiger partial charge in [0.05, 0.1) is 7.11 Å². The lowest BCUT2D eigenvalue weighted by Gasteiger charge is -2.06. The average Bonchev–Trinajstić information content (AvgIpc) is 3.09. The molecule has 0 fully saturated rings. The van der Waals surface area contributed by atoms with Crippen LogP contribution in [0.4, 0.5) is 5.69 Å². The van der Waals surface area contributed by atoms with Crippen molar-refractivity contribution in [1.29, 1.82) is 0 Å². The van der Waals surface area contributed by atoms with Gasteiger partial charge in [-0.2, -0.15) is 5.10 Å². The summed E-state index contributed by atoms with van der Waals surface area (Å²) in [5, 5.41) is 6.70. The van der Waals surface area contributed by atoms with Crippen LogP contribution in [-0.4, -0.2) is 34.6 Å². The van der Waals surface area contributed by atoms with Gasteiger partial charge in [0.15, 0.2) is 11.5 Å². The van der Waals surface area contributed by atoms with Gasteiger partial charge >= 0.3 is 5.97 Å². The molecule has 1 heterocycles. The highest BCUT2D eigenvalue weighted by Gasteiger charge is 2.18. The predicted molar refractivity (Wildman–Crippen MR) is 98.8 cm³/mol. The van der Waals surface area contributed by atoms with Crippen LogP contribution >= 0.6 is 0 Å². The van der Waals surface area contributed by atoms with Crippen LogP contribution in [0.3, 0.4) is 0 Å². The van der Waals surface area contributed by atoms with Crippen molar-refractivity contribution in [3.63, 3.8) is 0 Å². The van der Waals surface area contributed by atoms with Crippen molar-refractivity contribution < 1.29 is 19.1 Å². The van der Waals surface area contributed by atoms with Gasteiger partial charge in [0, 0.05) is 29.9 Å². The van der Waals surface area contributed by atoms with E-state index in [4.69, 9.17) is 0 Å². The molecule has 0 radical (unpaired) electrons. The number of ketones is 1. The summed E-state index contributed by atoms with van der Waals surface area (Å²) in [5.74, 6) is -1.22. The van der Waals surface area contributed by atoms with Gasteiger partial charge in [-0.3, -0.25) is 14.3 Å². The van der Waals surface area contributed by atoms with Crippen molar-refractivity contribution in [2.45, 2.75) is 0 Å². The summed E-state index contributed by atoms with van der Waals surface area (Å²) < 4.78 is 5.92. The molecule has 0 spiro atoms. The van der Waals surface area contributed by atoms with Crippen LogP contribution in [0, 0.1) is 0 Å². The molecular formula is C20H17N3O4. The highest BCUT2D eigenvalue weighted by Crippen LogP contribution is 2.16. The fourth-order valence-electron chi connectivity index (χ4n) is 2.56. The minimum Gasteiger partial charge on any atom is -0.464 e. The number of carbonyl (C=O) groups excluding carboxylic acids is 3. The molecule has 27 heavy (non-hydrogen) atoms. The molecule has 0 aliphatic heterocycles. The number of ether oxygens (including phenoxy) is 1. The van der Waals surface area contributed by atoms with Crippen molar-refractivity contribution in [1.82, 2.24) is 9.78 Å². The summed E-state index contributed by atoms with van der Waals surface area (Å²) in [6.07, 6.45) is 0. The smallest absolute Gasteiger partial charge is 0.356 e. The third-order valence-corrected chi connectivity index (χ3v) is 3.93. The number of amides is 1. The Kier molecular flexibility index (Phi) is 5.12. The third kappa shape index (κ3) is 3.92. The number of hydrogen-bond donors (Lipinski definition) is 1. The fourth-order valence-corrected chi connectivity index (χ4v) is 2.56. The van der Waals surface area contributed by atoms with Gasteiger partial charge < -0.3 is 10.1 Å². The summed E-state index contributed by atoms with van der Waals surface area (Å²) in [4.78, 5) is 36.6. The zero-order valence-electron chi connectivity index (χ0n) is 14.8. The number of nitrogens with one attached hydrogen (secondary N) is 1. The predicted octanol–water partition coefficient (Wildman–Crippen LogP) is 2.69. The van der Waals surface area contributed by atoms with Gasteiger partial charge in [-0.15, -0.1) is 0 Å². The molecule has 0 aliphatic rings. The maximum atomic E-state index is 12.5. The Balaban J connectivity index is 1.79. The average molecular weight is 363 g/mol. The van der Waals surface area contributed by atoms with Gasteiger partial charge in [-0.25, -0.2) is 4.79 Å². The third-order valence-electron chi connectivity index (χ3n) is 3.93. The van der Waals surface area contributed by atoms with Gasteiger partial charge in [0.1, 0.15) is 5.69 Å². The summed E-state index contributed by atoms with van der Waals surface area (Å²) >= 11 is 0. The second-order valence-electron chi connectivity index (χ2n) is 5.76. The van der Waals surface area contributed by atoms with Crippen LogP contribution in [0.25, 0.3) is 0 Å². The maximum absolute atomic E-state index is 12.5. The number of aryl methyl sites for hydroxylation is 1. The van der Waals surface area contributed by atoms with E-state index in [1.807, 2.05) is 6.07 Å². The minimum atomic E-state index is -0.584. The first kappa shape index (κ1) is 18.1. The minimum absolute atomic E-state index is 0.0673. The lowest BCUT2D eigenvalue weighted by molar-refractivity contribution is 0.0588. The molecule has 0 saturated heterocycles. The highest BCUT2D eigenvalue weighted by molar-refractivity contribution is 6.10. The Morgan fingerprint density at radius 2 is 1.67 bits per heavy atom. The van der Waals surface area contributed by atoms with E-state index in [0.29, 0.717) is 16.8 Å². The van der Waals surface area contributed by atoms with E-state index in [-0.39, 0.29) is 17.2 Å². The first-order valence-corrected chi connectivity index (χ1v) is 8.13. The molecule has 0 unspecified atom stereocenters. The number of nitrogens with zero attached hydrogens (tertiary/aromatic N) is 2. The van der Waals surface area contributed by atoms with Crippen LogP contribution < -0.4 is 5.32 Å². The molecule has 1 amide bonds. The number of benzene rings is 2. The summed E-state index contributed by atoms with van der Waals surface area (Å²) in [6.45, 7) is 0. The first-order chi connectivity index (χ1) is 13.0. The van der Waals surface area contributed by atoms with Crippen molar-refractivity contribution in [2.24, 2.45) is 7.05 Å². The molecule has 1 N–H and O–H groups in total. The highest BCUT2D eigenvalue weighted by atomic mass is 16.5. The first-order valence-electron chi connectivity index (χ1n) is 8.13. The number of carbonyl (C=O) groups is 3. The molecule has 2 aromatic carbocycles. The van der Waals surface area contributed by atoms with Crippen molar-refractivity contribution in [3.05, 3.63) is 83.2 Å². The monoisotopic (exact) mass is 363 g/mol. The van der Waals surface area contributed by atoms with Crippen LogP contribution in [0.2, 0.25) is 0 Å². The normalized spacial score (nSPS) is 10.3. The van der Waals surface area contributed by atoms with Gasteiger partial charge in [-0.05, 0) is 12.1 Å². The largest absolute Gasteiger partial charge is 0.464 e. The van der Waals surface area contributed by atoms with E-state index < -0.39 is 11.9 Å². The molecule has 0 bridgehead atoms. The van der Waals surface area contributed by atoms with Crippen LogP contribution in [0.15, 0.2) is 60.7 Å². The van der Waals surface area contributed by atoms with E-state index in [0.717, 1.165) is 0 Å². The second kappa shape index (κ2) is 7.65. The summed E-state index contributed by atoms with van der Waals surface area (Å²) in [6, 6.07) is 16.9. The fraction of sp³-hybridized carbons (Fsp3) is 0.100. The number of hydrogen-bond acceptors (Lipinski definition) is 5. The Morgan fingerprint density at radius 3 is 2.37 bits per heavy atom. The number of esters is 1. The Hall–Kier alpha value is -3.74. The van der Waals surface area contributed by atoms with Gasteiger partial charge in [-0.1, -0.05) is 42.5 Å². The van der Waals surface area contributed by atoms with E-state index in [1.165, 1.54) is 17.9 Å². The van der Waals surface area contributed by atoms with Crippen molar-refractivity contribution >= 4 is 23.3 Å². The molecule has 0 aliphatic carbocycles. The quantitative estimate of drug-likeness (QED) is 0.556. The Labute approximate surface area is 155 Å². The van der Waals surface area contributed by atoms with Crippen LogP contribution in [-0.2, 0) is 11.8 Å². The molecule has 7 heteroatoms. The molecule has 3 aromatic rings. The number of anilines is 1. The molecule has 0 saturated carbocycles. The zero-order chi connectivity index (χ0) is 19.4. The second-order valence-corrected chi connectivity index (χ2v) is 5.76. The SMILES string of the molecule is COC(=O)c1cc(C(=O)Nc2cccc(C(=O)c3ccccc3)c2)nn1C. The molecular weight excluding hydrogens is 346 g/mol. The lowest BCUT2D eigenvalue weighted by Crippen LogP contribution is -2.13. The van der Waals surface area contributed by atoms with Gasteiger partial charge in [0.2, 0.25) is 0 Å². The molecule has 7 nitrogen and oxygen atoms in total. The lowest BCUT2D eigenvalue weighted by atomic mass is 10.0. The number of rotatable bonds is 5. The van der Waals surface area contributed by atoms with E-state index in [9.17, 15) is 14.4 Å². The summed E-state index contributed by atoms with van der Waals surface area (Å²) in [5.41, 5.74) is 1.70. The zero-order valence-corrected chi connectivity index (χ0v) is 14.8. The number of aromatic nitrogens is 2. The molecule has 0 atom stereocenters. The van der Waals surface area contributed by atoms with E-state index in [1.54, 1.807) is 55.6 Å². The van der Waals surface area contributed by atoms with Crippen molar-refractivity contribution in [2.75, 3.05) is 12.4 Å². The Bertz CT molecular complexity index is 1010.